The first kappa shape index (κ1) is 22.1. The minimum Gasteiger partial charge on any atom is -0.337 e. The Morgan fingerprint density at radius 2 is 1.67 bits per heavy atom. The summed E-state index contributed by atoms with van der Waals surface area (Å²) >= 11 is 0. The summed E-state index contributed by atoms with van der Waals surface area (Å²) in [5.74, 6) is 0.451. The number of nitrogens with zero attached hydrogens (tertiary/aromatic N) is 4. The first-order valence-corrected chi connectivity index (χ1v) is 12.3. The lowest BCUT2D eigenvalue weighted by Crippen LogP contribution is -2.60. The van der Waals surface area contributed by atoms with Gasteiger partial charge in [0.25, 0.3) is 0 Å². The Morgan fingerprint density at radius 1 is 0.939 bits per heavy atom. The van der Waals surface area contributed by atoms with Gasteiger partial charge in [-0.25, -0.2) is 0 Å². The fourth-order valence-electron chi connectivity index (χ4n) is 5.60. The Labute approximate surface area is 196 Å². The molecule has 3 aliphatic heterocycles. The average molecular weight is 447 g/mol. The van der Waals surface area contributed by atoms with Gasteiger partial charge in [-0.3, -0.25) is 19.4 Å². The number of anilines is 1. The number of carbonyl (C=O) groups is 2. The van der Waals surface area contributed by atoms with Crippen molar-refractivity contribution in [2.24, 2.45) is 0 Å². The molecule has 0 unspecified atom stereocenters. The lowest BCUT2D eigenvalue weighted by Gasteiger charge is -2.44. The number of piperazine rings is 1. The van der Waals surface area contributed by atoms with Crippen LogP contribution in [-0.4, -0.2) is 77.9 Å². The third kappa shape index (κ3) is 4.55. The van der Waals surface area contributed by atoms with Gasteiger partial charge in [0.15, 0.2) is 0 Å². The molecule has 5 rings (SSSR count). The van der Waals surface area contributed by atoms with Crippen molar-refractivity contribution in [2.45, 2.75) is 44.8 Å². The van der Waals surface area contributed by atoms with Crippen molar-refractivity contribution in [1.29, 1.82) is 0 Å². The van der Waals surface area contributed by atoms with Crippen molar-refractivity contribution in [3.8, 4) is 0 Å². The van der Waals surface area contributed by atoms with Gasteiger partial charge in [0.05, 0.1) is 12.1 Å². The standard InChI is InChI=1S/C27H34N4O2/c1-21(26(32)31-15-13-23-10-5-6-11-24(23)31)28-16-18-29(19-17-28)25-12-7-14-30(27(25)33)20-22-8-3-2-4-9-22/h2-6,8-11,21,25H,7,12-20H2,1H3/t21-,25-/m1/s1. The minimum absolute atomic E-state index is 0.0268. The zero-order chi connectivity index (χ0) is 22.8. The fraction of sp³-hybridized carbons (Fsp3) is 0.481. The average Bonchev–Trinajstić information content (AvgIpc) is 3.29. The maximum Gasteiger partial charge on any atom is 0.244 e. The summed E-state index contributed by atoms with van der Waals surface area (Å²) in [6, 6.07) is 18.3. The maximum atomic E-state index is 13.3. The van der Waals surface area contributed by atoms with Crippen molar-refractivity contribution in [2.75, 3.05) is 44.2 Å². The van der Waals surface area contributed by atoms with E-state index in [2.05, 4.69) is 34.1 Å². The molecule has 2 atom stereocenters. The Balaban J connectivity index is 1.17. The van der Waals surface area contributed by atoms with E-state index in [1.165, 1.54) is 11.1 Å². The maximum absolute atomic E-state index is 13.3. The van der Waals surface area contributed by atoms with Crippen LogP contribution in [0.3, 0.4) is 0 Å². The predicted octanol–water partition coefficient (Wildman–Crippen LogP) is 2.77. The van der Waals surface area contributed by atoms with Crippen LogP contribution < -0.4 is 4.90 Å². The third-order valence-corrected chi connectivity index (χ3v) is 7.57. The zero-order valence-corrected chi connectivity index (χ0v) is 19.5. The van der Waals surface area contributed by atoms with Crippen molar-refractivity contribution in [3.05, 3.63) is 65.7 Å². The number of carbonyl (C=O) groups excluding carboxylic acids is 2. The molecule has 33 heavy (non-hydrogen) atoms. The van der Waals surface area contributed by atoms with Gasteiger partial charge in [-0.1, -0.05) is 48.5 Å². The van der Waals surface area contributed by atoms with Gasteiger partial charge >= 0.3 is 0 Å². The van der Waals surface area contributed by atoms with E-state index in [0.717, 1.165) is 64.2 Å². The molecular formula is C27H34N4O2. The summed E-state index contributed by atoms with van der Waals surface area (Å²) in [4.78, 5) is 35.1. The van der Waals surface area contributed by atoms with Crippen LogP contribution in [0.2, 0.25) is 0 Å². The Bertz CT molecular complexity index is 987. The largest absolute Gasteiger partial charge is 0.337 e. The molecule has 3 aliphatic rings. The molecule has 2 aromatic rings. The van der Waals surface area contributed by atoms with Crippen LogP contribution in [0.4, 0.5) is 5.69 Å². The van der Waals surface area contributed by atoms with E-state index in [4.69, 9.17) is 0 Å². The SMILES string of the molecule is C[C@H](C(=O)N1CCc2ccccc21)N1CCN([C@@H]2CCCN(Cc3ccccc3)C2=O)CC1. The third-order valence-electron chi connectivity index (χ3n) is 7.57. The van der Waals surface area contributed by atoms with Gasteiger partial charge in [-0.15, -0.1) is 0 Å². The molecule has 0 radical (unpaired) electrons. The lowest BCUT2D eigenvalue weighted by atomic mass is 10.0. The Morgan fingerprint density at radius 3 is 2.45 bits per heavy atom. The molecule has 174 valence electrons. The van der Waals surface area contributed by atoms with Crippen LogP contribution in [0.5, 0.6) is 0 Å². The highest BCUT2D eigenvalue weighted by Crippen LogP contribution is 2.29. The second-order valence-electron chi connectivity index (χ2n) is 9.52. The molecule has 2 saturated heterocycles. The van der Waals surface area contributed by atoms with Crippen LogP contribution in [0.15, 0.2) is 54.6 Å². The minimum atomic E-state index is -0.144. The van der Waals surface area contributed by atoms with Crippen molar-refractivity contribution < 1.29 is 9.59 Å². The van der Waals surface area contributed by atoms with Gasteiger partial charge in [0.1, 0.15) is 0 Å². The number of amides is 2. The number of para-hydroxylation sites is 1. The quantitative estimate of drug-likeness (QED) is 0.709. The summed E-state index contributed by atoms with van der Waals surface area (Å²) in [5.41, 5.74) is 3.52. The molecule has 0 aliphatic carbocycles. The van der Waals surface area contributed by atoms with E-state index in [9.17, 15) is 9.59 Å². The number of rotatable bonds is 5. The molecule has 0 saturated carbocycles. The highest BCUT2D eigenvalue weighted by molar-refractivity contribution is 5.98. The first-order chi connectivity index (χ1) is 16.1. The molecule has 2 aromatic carbocycles. The van der Waals surface area contributed by atoms with Gasteiger partial charge in [0, 0.05) is 51.5 Å². The highest BCUT2D eigenvalue weighted by Gasteiger charge is 2.37. The lowest BCUT2D eigenvalue weighted by molar-refractivity contribution is -0.142. The van der Waals surface area contributed by atoms with Crippen LogP contribution in [0.1, 0.15) is 30.9 Å². The van der Waals surface area contributed by atoms with E-state index in [1.807, 2.05) is 47.1 Å². The van der Waals surface area contributed by atoms with Gasteiger partial charge in [0.2, 0.25) is 11.8 Å². The number of fused-ring (bicyclic) bond motifs is 1. The van der Waals surface area contributed by atoms with Crippen molar-refractivity contribution >= 4 is 17.5 Å². The molecule has 0 spiro atoms. The zero-order valence-electron chi connectivity index (χ0n) is 19.5. The topological polar surface area (TPSA) is 47.1 Å². The van der Waals surface area contributed by atoms with Crippen molar-refractivity contribution in [1.82, 2.24) is 14.7 Å². The highest BCUT2D eigenvalue weighted by atomic mass is 16.2. The van der Waals surface area contributed by atoms with Crippen molar-refractivity contribution in [3.63, 3.8) is 0 Å². The number of piperidine rings is 1. The predicted molar refractivity (Wildman–Crippen MR) is 130 cm³/mol. The second-order valence-corrected chi connectivity index (χ2v) is 9.52. The summed E-state index contributed by atoms with van der Waals surface area (Å²) < 4.78 is 0. The van der Waals surface area contributed by atoms with E-state index in [0.29, 0.717) is 6.54 Å². The molecule has 2 amide bonds. The molecule has 2 fully saturated rings. The second kappa shape index (κ2) is 9.65. The molecular weight excluding hydrogens is 412 g/mol. The molecule has 6 nitrogen and oxygen atoms in total. The Hall–Kier alpha value is -2.70. The molecule has 6 heteroatoms. The molecule has 3 heterocycles. The number of hydrogen-bond donors (Lipinski definition) is 0. The molecule has 0 N–H and O–H groups in total. The van der Waals surface area contributed by atoms with E-state index in [1.54, 1.807) is 0 Å². The number of likely N-dealkylation sites (tertiary alicyclic amines) is 1. The summed E-state index contributed by atoms with van der Waals surface area (Å²) in [7, 11) is 0. The van der Waals surface area contributed by atoms with Crippen LogP contribution in [0, 0.1) is 0 Å². The molecule has 0 aromatic heterocycles. The Kier molecular flexibility index (Phi) is 6.47. The monoisotopic (exact) mass is 446 g/mol. The normalized spacial score (nSPS) is 22.9. The van der Waals surface area contributed by atoms with E-state index in [-0.39, 0.29) is 23.9 Å². The summed E-state index contributed by atoms with van der Waals surface area (Å²) in [6.45, 7) is 7.66. The van der Waals surface area contributed by atoms with Crippen LogP contribution in [-0.2, 0) is 22.6 Å². The summed E-state index contributed by atoms with van der Waals surface area (Å²) in [6.07, 6.45) is 2.92. The number of benzene rings is 2. The van der Waals surface area contributed by atoms with Gasteiger partial charge < -0.3 is 9.80 Å². The molecule has 0 bridgehead atoms. The summed E-state index contributed by atoms with van der Waals surface area (Å²) in [5, 5.41) is 0. The van der Waals surface area contributed by atoms with E-state index < -0.39 is 0 Å². The fourth-order valence-corrected chi connectivity index (χ4v) is 5.60. The van der Waals surface area contributed by atoms with Crippen LogP contribution in [0.25, 0.3) is 0 Å². The number of hydrogen-bond acceptors (Lipinski definition) is 4. The van der Waals surface area contributed by atoms with E-state index >= 15 is 0 Å². The first-order valence-electron chi connectivity index (χ1n) is 12.3. The van der Waals surface area contributed by atoms with Gasteiger partial charge in [-0.05, 0) is 43.4 Å². The van der Waals surface area contributed by atoms with Crippen LogP contribution >= 0.6 is 0 Å². The van der Waals surface area contributed by atoms with Gasteiger partial charge in [-0.2, -0.15) is 0 Å². The smallest absolute Gasteiger partial charge is 0.244 e.